The number of ether oxygens (including phenoxy) is 1. The molecule has 1 saturated heterocycles. The normalized spacial score (nSPS) is 25.8. The quantitative estimate of drug-likeness (QED) is 0.849. The summed E-state index contributed by atoms with van der Waals surface area (Å²) in [6.07, 6.45) is 2.33. The Kier molecular flexibility index (Phi) is 4.77. The van der Waals surface area contributed by atoms with Crippen molar-refractivity contribution in [3.05, 3.63) is 11.9 Å². The molecule has 0 aliphatic carbocycles. The number of aromatic nitrogens is 2. The highest BCUT2D eigenvalue weighted by Crippen LogP contribution is 2.33. The van der Waals surface area contributed by atoms with E-state index in [9.17, 15) is 5.11 Å². The summed E-state index contributed by atoms with van der Waals surface area (Å²) in [6, 6.07) is 0. The van der Waals surface area contributed by atoms with E-state index in [-0.39, 0.29) is 18.9 Å². The third-order valence-electron chi connectivity index (χ3n) is 3.87. The molecule has 6 nitrogen and oxygen atoms in total. The van der Waals surface area contributed by atoms with Gasteiger partial charge in [-0.3, -0.25) is 0 Å². The zero-order valence-electron chi connectivity index (χ0n) is 12.6. The summed E-state index contributed by atoms with van der Waals surface area (Å²) in [4.78, 5) is 10.8. The van der Waals surface area contributed by atoms with E-state index in [1.807, 2.05) is 14.0 Å². The summed E-state index contributed by atoms with van der Waals surface area (Å²) in [5, 5.41) is 12.4. The number of rotatable bonds is 5. The average Bonchev–Trinajstić information content (AvgIpc) is 2.83. The van der Waals surface area contributed by atoms with Gasteiger partial charge in [0.15, 0.2) is 0 Å². The van der Waals surface area contributed by atoms with E-state index in [4.69, 9.17) is 4.74 Å². The number of nitrogens with zero attached hydrogens (tertiary/aromatic N) is 3. The van der Waals surface area contributed by atoms with Crippen molar-refractivity contribution in [2.75, 3.05) is 30.4 Å². The molecule has 2 unspecified atom stereocenters. The van der Waals surface area contributed by atoms with E-state index >= 15 is 0 Å². The maximum absolute atomic E-state index is 9.28. The first-order chi connectivity index (χ1) is 9.62. The number of aliphatic hydroxyl groups is 1. The van der Waals surface area contributed by atoms with Crippen LogP contribution in [0.3, 0.4) is 0 Å². The predicted molar refractivity (Wildman–Crippen MR) is 78.9 cm³/mol. The lowest BCUT2D eigenvalue weighted by Gasteiger charge is -2.32. The molecule has 2 heterocycles. The van der Waals surface area contributed by atoms with Gasteiger partial charge in [-0.15, -0.1) is 0 Å². The summed E-state index contributed by atoms with van der Waals surface area (Å²) in [7, 11) is 1.85. The zero-order valence-corrected chi connectivity index (χ0v) is 12.6. The Morgan fingerprint density at radius 3 is 2.80 bits per heavy atom. The second kappa shape index (κ2) is 6.37. The van der Waals surface area contributed by atoms with Crippen molar-refractivity contribution in [3.63, 3.8) is 0 Å². The molecular weight excluding hydrogens is 256 g/mol. The molecule has 6 heteroatoms. The first-order valence-corrected chi connectivity index (χ1v) is 7.14. The number of nitrogens with one attached hydrogen (secondary N) is 1. The van der Waals surface area contributed by atoms with Gasteiger partial charge in [0.2, 0.25) is 0 Å². The molecule has 0 spiro atoms. The van der Waals surface area contributed by atoms with Crippen LogP contribution < -0.4 is 10.2 Å². The van der Waals surface area contributed by atoms with Gasteiger partial charge in [-0.25, -0.2) is 9.97 Å². The van der Waals surface area contributed by atoms with Crippen LogP contribution in [-0.4, -0.2) is 47.6 Å². The maximum atomic E-state index is 9.28. The van der Waals surface area contributed by atoms with Gasteiger partial charge in [-0.1, -0.05) is 6.92 Å². The van der Waals surface area contributed by atoms with E-state index in [0.29, 0.717) is 5.92 Å². The van der Waals surface area contributed by atoms with Crippen LogP contribution in [0.5, 0.6) is 0 Å². The second-order valence-corrected chi connectivity index (χ2v) is 5.25. The minimum atomic E-state index is -0.0741. The van der Waals surface area contributed by atoms with Crippen molar-refractivity contribution in [3.8, 4) is 0 Å². The number of anilines is 2. The second-order valence-electron chi connectivity index (χ2n) is 5.25. The highest BCUT2D eigenvalue weighted by Gasteiger charge is 2.36. The highest BCUT2D eigenvalue weighted by molar-refractivity contribution is 5.58. The van der Waals surface area contributed by atoms with E-state index in [0.717, 1.165) is 30.2 Å². The van der Waals surface area contributed by atoms with Crippen molar-refractivity contribution in [2.24, 2.45) is 5.92 Å². The molecule has 112 valence electrons. The fraction of sp³-hybridized carbons (Fsp3) is 0.714. The van der Waals surface area contributed by atoms with Crippen molar-refractivity contribution < 1.29 is 9.84 Å². The molecule has 20 heavy (non-hydrogen) atoms. The first-order valence-electron chi connectivity index (χ1n) is 7.14. The fourth-order valence-electron chi connectivity index (χ4n) is 2.85. The summed E-state index contributed by atoms with van der Waals surface area (Å²) >= 11 is 0. The predicted octanol–water partition coefficient (Wildman–Crippen LogP) is 1.40. The van der Waals surface area contributed by atoms with Crippen molar-refractivity contribution >= 4 is 11.6 Å². The summed E-state index contributed by atoms with van der Waals surface area (Å²) in [5.74, 6) is 2.08. The van der Waals surface area contributed by atoms with Crippen molar-refractivity contribution in [1.82, 2.24) is 9.97 Å². The molecule has 1 aromatic heterocycles. The van der Waals surface area contributed by atoms with Crippen LogP contribution in [0.2, 0.25) is 0 Å². The molecule has 1 aliphatic rings. The van der Waals surface area contributed by atoms with Crippen LogP contribution in [-0.2, 0) is 4.74 Å². The lowest BCUT2D eigenvalue weighted by Crippen LogP contribution is -2.40. The van der Waals surface area contributed by atoms with Gasteiger partial charge >= 0.3 is 0 Å². The molecule has 1 aliphatic heterocycles. The Balaban J connectivity index is 2.29. The van der Waals surface area contributed by atoms with Gasteiger partial charge < -0.3 is 20.1 Å². The molecule has 2 rings (SSSR count). The summed E-state index contributed by atoms with van der Waals surface area (Å²) in [5.41, 5.74) is 1.01. The molecule has 0 radical (unpaired) electrons. The lowest BCUT2D eigenvalue weighted by molar-refractivity contribution is 0.00502. The monoisotopic (exact) mass is 280 g/mol. The van der Waals surface area contributed by atoms with Gasteiger partial charge in [0.25, 0.3) is 0 Å². The SMILES string of the molecule is CCN(c1ncnc(NC)c1C)C1OC(CO)C[C@@H]1C. The van der Waals surface area contributed by atoms with E-state index in [1.54, 1.807) is 6.33 Å². The van der Waals surface area contributed by atoms with Crippen LogP contribution in [0, 0.1) is 12.8 Å². The van der Waals surface area contributed by atoms with Crippen LogP contribution in [0.15, 0.2) is 6.33 Å². The minimum absolute atomic E-state index is 0.0459. The standard InChI is InChI=1S/C14H24N4O2/c1-5-18(14-9(2)6-11(7-19)20-14)13-10(3)12(15-4)16-8-17-13/h8-9,11,14,19H,5-7H2,1-4H3,(H,15,16,17)/t9-,11?,14?/m0/s1. The van der Waals surface area contributed by atoms with Crippen LogP contribution in [0.1, 0.15) is 25.8 Å². The molecule has 0 aromatic carbocycles. The fourth-order valence-corrected chi connectivity index (χ4v) is 2.85. The molecular formula is C14H24N4O2. The number of hydrogen-bond donors (Lipinski definition) is 2. The summed E-state index contributed by atoms with van der Waals surface area (Å²) in [6.45, 7) is 7.12. The van der Waals surface area contributed by atoms with E-state index in [2.05, 4.69) is 34.0 Å². The number of aliphatic hydroxyl groups excluding tert-OH is 1. The van der Waals surface area contributed by atoms with Crippen LogP contribution >= 0.6 is 0 Å². The van der Waals surface area contributed by atoms with Gasteiger partial charge in [0.05, 0.1) is 12.7 Å². The molecule has 1 fully saturated rings. The largest absolute Gasteiger partial charge is 0.394 e. The Morgan fingerprint density at radius 1 is 1.50 bits per heavy atom. The molecule has 0 amide bonds. The van der Waals surface area contributed by atoms with Crippen LogP contribution in [0.25, 0.3) is 0 Å². The molecule has 1 aromatic rings. The highest BCUT2D eigenvalue weighted by atomic mass is 16.5. The maximum Gasteiger partial charge on any atom is 0.139 e. The van der Waals surface area contributed by atoms with Gasteiger partial charge in [-0.05, 0) is 20.3 Å². The Bertz CT molecular complexity index is 455. The van der Waals surface area contributed by atoms with Crippen molar-refractivity contribution in [1.29, 1.82) is 0 Å². The third kappa shape index (κ3) is 2.71. The Labute approximate surface area is 120 Å². The molecule has 0 saturated carbocycles. The molecule has 0 bridgehead atoms. The van der Waals surface area contributed by atoms with E-state index in [1.165, 1.54) is 0 Å². The topological polar surface area (TPSA) is 70.5 Å². The lowest BCUT2D eigenvalue weighted by atomic mass is 10.1. The van der Waals surface area contributed by atoms with E-state index < -0.39 is 0 Å². The molecule has 3 atom stereocenters. The van der Waals surface area contributed by atoms with Crippen LogP contribution in [0.4, 0.5) is 11.6 Å². The minimum Gasteiger partial charge on any atom is -0.394 e. The zero-order chi connectivity index (χ0) is 14.7. The van der Waals surface area contributed by atoms with Gasteiger partial charge in [0, 0.05) is 25.1 Å². The number of hydrogen-bond acceptors (Lipinski definition) is 6. The van der Waals surface area contributed by atoms with Gasteiger partial charge in [0.1, 0.15) is 24.2 Å². The van der Waals surface area contributed by atoms with Crippen molar-refractivity contribution in [2.45, 2.75) is 39.5 Å². The smallest absolute Gasteiger partial charge is 0.139 e. The average molecular weight is 280 g/mol. The summed E-state index contributed by atoms with van der Waals surface area (Å²) < 4.78 is 5.95. The Hall–Kier alpha value is -1.40. The Morgan fingerprint density at radius 2 is 2.25 bits per heavy atom. The molecule has 2 N–H and O–H groups in total. The first kappa shape index (κ1) is 15.0. The third-order valence-corrected chi connectivity index (χ3v) is 3.87. The van der Waals surface area contributed by atoms with Gasteiger partial charge in [-0.2, -0.15) is 0 Å².